The number of aliphatic hydroxyl groups excluding tert-OH is 1. The zero-order valence-corrected chi connectivity index (χ0v) is 71.9. The van der Waals surface area contributed by atoms with Gasteiger partial charge in [-0.05, 0) is 25.7 Å². The van der Waals surface area contributed by atoms with Crippen LogP contribution in [0.1, 0.15) is 484 Å². The summed E-state index contributed by atoms with van der Waals surface area (Å²) >= 11 is 0. The Morgan fingerprint density at radius 3 is 0.551 bits per heavy atom. The maximum absolute atomic E-state index is 13.2. The Morgan fingerprint density at radius 1 is 0.224 bits per heavy atom. The van der Waals surface area contributed by atoms with Crippen LogP contribution in [0.4, 0.5) is 0 Å². The molecule has 0 heterocycles. The molecule has 0 fully saturated rings. The quantitative estimate of drug-likeness (QED) is 0.0222. The molecule has 0 bridgehead atoms. The monoisotopic (exact) mass is 1560 g/mol. The summed E-state index contributed by atoms with van der Waals surface area (Å²) < 4.78 is 68.9. The number of esters is 4. The van der Waals surface area contributed by atoms with E-state index in [2.05, 4.69) is 27.7 Å². The number of carbonyl (C=O) groups excluding carboxylic acids is 4. The van der Waals surface area contributed by atoms with E-state index in [-0.39, 0.29) is 25.7 Å². The number of unbranched alkanes of at least 4 members (excludes halogenated alkanes) is 63. The molecule has 17 nitrogen and oxygen atoms in total. The van der Waals surface area contributed by atoms with E-state index in [0.717, 1.165) is 89.9 Å². The van der Waals surface area contributed by atoms with Gasteiger partial charge in [0.2, 0.25) is 0 Å². The molecule has 19 heteroatoms. The van der Waals surface area contributed by atoms with Crippen LogP contribution in [0.3, 0.4) is 0 Å². The predicted octanol–water partition coefficient (Wildman–Crippen LogP) is 27.3. The highest BCUT2D eigenvalue weighted by atomic mass is 31.2. The second-order valence-electron chi connectivity index (χ2n) is 31.6. The van der Waals surface area contributed by atoms with Crippen LogP contribution in [0.15, 0.2) is 0 Å². The first-order valence-electron chi connectivity index (χ1n) is 45.8. The molecule has 107 heavy (non-hydrogen) atoms. The summed E-state index contributed by atoms with van der Waals surface area (Å²) in [5, 5.41) is 10.7. The lowest BCUT2D eigenvalue weighted by atomic mass is 10.0. The van der Waals surface area contributed by atoms with Gasteiger partial charge in [0.05, 0.1) is 26.4 Å². The molecule has 0 aromatic rings. The predicted molar refractivity (Wildman–Crippen MR) is 442 cm³/mol. The van der Waals surface area contributed by atoms with Crippen molar-refractivity contribution in [1.29, 1.82) is 0 Å². The van der Waals surface area contributed by atoms with E-state index >= 15 is 0 Å². The van der Waals surface area contributed by atoms with E-state index in [4.69, 9.17) is 37.0 Å². The minimum Gasteiger partial charge on any atom is -0.462 e. The first kappa shape index (κ1) is 105. The number of phosphoric acid groups is 2. The molecule has 636 valence electrons. The van der Waals surface area contributed by atoms with Crippen molar-refractivity contribution in [3.05, 3.63) is 0 Å². The van der Waals surface area contributed by atoms with E-state index in [9.17, 15) is 43.2 Å². The zero-order chi connectivity index (χ0) is 78.1. The number of aliphatic hydroxyl groups is 1. The smallest absolute Gasteiger partial charge is 0.462 e. The second-order valence-corrected chi connectivity index (χ2v) is 34.5. The molecule has 0 saturated carbocycles. The summed E-state index contributed by atoms with van der Waals surface area (Å²) in [6.45, 7) is 5.05. The van der Waals surface area contributed by atoms with E-state index in [1.165, 1.54) is 315 Å². The molecule has 3 N–H and O–H groups in total. The molecule has 0 aliphatic rings. The van der Waals surface area contributed by atoms with Gasteiger partial charge < -0.3 is 33.8 Å². The summed E-state index contributed by atoms with van der Waals surface area (Å²) in [5.41, 5.74) is 0. The van der Waals surface area contributed by atoms with E-state index in [1.807, 2.05) is 0 Å². The number of carbonyl (C=O) groups is 4. The minimum absolute atomic E-state index is 0.109. The Balaban J connectivity index is 5.19. The minimum atomic E-state index is -4.97. The lowest BCUT2D eigenvalue weighted by Gasteiger charge is -2.21. The van der Waals surface area contributed by atoms with Gasteiger partial charge in [-0.1, -0.05) is 432 Å². The van der Waals surface area contributed by atoms with Crippen molar-refractivity contribution < 1.29 is 80.2 Å². The number of rotatable bonds is 89. The fourth-order valence-corrected chi connectivity index (χ4v) is 15.5. The summed E-state index contributed by atoms with van der Waals surface area (Å²) in [4.78, 5) is 73.2. The molecule has 0 spiro atoms. The summed E-state index contributed by atoms with van der Waals surface area (Å²) in [6, 6.07) is 0. The van der Waals surface area contributed by atoms with Crippen LogP contribution in [-0.2, 0) is 65.4 Å². The van der Waals surface area contributed by atoms with Gasteiger partial charge in [0.15, 0.2) is 12.2 Å². The number of phosphoric ester groups is 2. The summed E-state index contributed by atoms with van der Waals surface area (Å²) in [5.74, 6) is -2.10. The van der Waals surface area contributed by atoms with E-state index < -0.39 is 97.5 Å². The maximum atomic E-state index is 13.2. The molecule has 2 unspecified atom stereocenters. The molecule has 0 saturated heterocycles. The highest BCUT2D eigenvalue weighted by Gasteiger charge is 2.30. The van der Waals surface area contributed by atoms with Crippen LogP contribution in [0.2, 0.25) is 0 Å². The third kappa shape index (κ3) is 81.9. The third-order valence-corrected chi connectivity index (χ3v) is 22.8. The van der Waals surface area contributed by atoms with Gasteiger partial charge in [0, 0.05) is 25.7 Å². The second kappa shape index (κ2) is 82.1. The van der Waals surface area contributed by atoms with Gasteiger partial charge in [-0.3, -0.25) is 37.3 Å². The highest BCUT2D eigenvalue weighted by molar-refractivity contribution is 7.47. The fraction of sp³-hybridized carbons (Fsp3) is 0.955. The zero-order valence-electron chi connectivity index (χ0n) is 70.1. The third-order valence-electron chi connectivity index (χ3n) is 20.9. The molecular formula is C88H172O17P2. The van der Waals surface area contributed by atoms with Crippen molar-refractivity contribution in [2.45, 2.75) is 502 Å². The Bertz CT molecular complexity index is 2020. The van der Waals surface area contributed by atoms with Gasteiger partial charge in [-0.15, -0.1) is 0 Å². The molecule has 5 atom stereocenters. The Morgan fingerprint density at radius 2 is 0.374 bits per heavy atom. The van der Waals surface area contributed by atoms with Crippen molar-refractivity contribution in [3.63, 3.8) is 0 Å². The SMILES string of the molecule is CCCCCCCCCCCCCCCCCCCCCCCCC(=O)O[C@H](COC(=O)CCCCCCCCCCCCCCCCCCCCCC)COP(=O)(O)OC[C@@H](O)COP(=O)(O)OC[C@@H](COC(=O)CCCCCCCCCCC)OC(=O)CCCCCCCCCCCCCCCCCC. The van der Waals surface area contributed by atoms with Crippen molar-refractivity contribution in [2.75, 3.05) is 39.6 Å². The van der Waals surface area contributed by atoms with Gasteiger partial charge in [0.1, 0.15) is 19.3 Å². The molecule has 0 rings (SSSR count). The van der Waals surface area contributed by atoms with Gasteiger partial charge >= 0.3 is 39.5 Å². The van der Waals surface area contributed by atoms with Gasteiger partial charge in [-0.2, -0.15) is 0 Å². The first-order valence-corrected chi connectivity index (χ1v) is 48.8. The number of hydrogen-bond acceptors (Lipinski definition) is 15. The normalized spacial score (nSPS) is 13.7. The van der Waals surface area contributed by atoms with Crippen molar-refractivity contribution >= 4 is 39.5 Å². The van der Waals surface area contributed by atoms with Crippen LogP contribution in [0, 0.1) is 0 Å². The van der Waals surface area contributed by atoms with Crippen molar-refractivity contribution in [1.82, 2.24) is 0 Å². The topological polar surface area (TPSA) is 237 Å². The molecule has 0 aliphatic heterocycles. The van der Waals surface area contributed by atoms with Gasteiger partial charge in [0.25, 0.3) is 0 Å². The molecular weight excluding hydrogens is 1390 g/mol. The van der Waals surface area contributed by atoms with Crippen LogP contribution in [-0.4, -0.2) is 96.7 Å². The average Bonchev–Trinajstić information content (AvgIpc) is 0.906. The Kier molecular flexibility index (Phi) is 80.6. The van der Waals surface area contributed by atoms with Crippen LogP contribution < -0.4 is 0 Å². The lowest BCUT2D eigenvalue weighted by Crippen LogP contribution is -2.30. The highest BCUT2D eigenvalue weighted by Crippen LogP contribution is 2.45. The van der Waals surface area contributed by atoms with Crippen molar-refractivity contribution in [3.8, 4) is 0 Å². The Labute approximate surface area is 658 Å². The Hall–Kier alpha value is -1.94. The van der Waals surface area contributed by atoms with Crippen LogP contribution in [0.25, 0.3) is 0 Å². The maximum Gasteiger partial charge on any atom is 0.472 e. The lowest BCUT2D eigenvalue weighted by molar-refractivity contribution is -0.161. The van der Waals surface area contributed by atoms with E-state index in [1.54, 1.807) is 0 Å². The number of hydrogen-bond donors (Lipinski definition) is 3. The largest absolute Gasteiger partial charge is 0.472 e. The molecule has 0 radical (unpaired) electrons. The van der Waals surface area contributed by atoms with Crippen LogP contribution in [0.5, 0.6) is 0 Å². The fourth-order valence-electron chi connectivity index (χ4n) is 13.9. The molecule has 0 aliphatic carbocycles. The van der Waals surface area contributed by atoms with Gasteiger partial charge in [-0.25, -0.2) is 9.13 Å². The first-order chi connectivity index (χ1) is 52.2. The van der Waals surface area contributed by atoms with Crippen molar-refractivity contribution in [2.24, 2.45) is 0 Å². The molecule has 0 aromatic heterocycles. The average molecular weight is 1560 g/mol. The standard InChI is InChI=1S/C88H172O17P2/c1-5-9-13-17-21-25-28-31-34-37-39-41-42-44-46-49-52-55-59-63-67-71-75-88(93)105-84(79-99-86(91)73-69-65-61-57-53-50-48-45-43-40-38-35-32-29-26-22-18-14-10-6-2)81-103-107(96,97)101-77-82(89)76-100-106(94,95)102-80-83(78-98-85(90)72-68-64-60-56-24-20-16-12-8-4)104-87(92)74-70-66-62-58-54-51-47-36-33-30-27-23-19-15-11-7-3/h82-84,89H,5-81H2,1-4H3,(H,94,95)(H,96,97)/t82-,83+,84+/m0/s1. The molecule has 0 amide bonds. The van der Waals surface area contributed by atoms with Crippen LogP contribution >= 0.6 is 15.6 Å². The summed E-state index contributed by atoms with van der Waals surface area (Å²) in [6.07, 6.45) is 78.0. The van der Waals surface area contributed by atoms with E-state index in [0.29, 0.717) is 25.7 Å². The molecule has 0 aromatic carbocycles. The summed E-state index contributed by atoms with van der Waals surface area (Å²) in [7, 11) is -9.93. The number of ether oxygens (including phenoxy) is 4.